The third-order valence-corrected chi connectivity index (χ3v) is 3.63. The van der Waals surface area contributed by atoms with Gasteiger partial charge in [0.15, 0.2) is 0 Å². The molecule has 0 aromatic carbocycles. The number of aromatic nitrogens is 1. The fraction of sp³-hybridized carbons (Fsp3) is 0.182. The maximum Gasteiger partial charge on any atom is 0.0737 e. The second-order valence-corrected chi connectivity index (χ2v) is 5.35. The van der Waals surface area contributed by atoms with E-state index in [1.54, 1.807) is 17.5 Å². The highest BCUT2D eigenvalue weighted by atomic mass is 79.9. The first-order chi connectivity index (χ1) is 7.18. The van der Waals surface area contributed by atoms with Crippen LogP contribution in [0.15, 0.2) is 34.2 Å². The summed E-state index contributed by atoms with van der Waals surface area (Å²) in [5.74, 6) is 0. The first-order valence-corrected chi connectivity index (χ1v) is 6.27. The van der Waals surface area contributed by atoms with Crippen molar-refractivity contribution in [3.8, 4) is 0 Å². The summed E-state index contributed by atoms with van der Waals surface area (Å²) >= 11 is 5.07. The van der Waals surface area contributed by atoms with E-state index in [1.807, 2.05) is 12.1 Å². The maximum atomic E-state index is 6.14. The quantitative estimate of drug-likeness (QED) is 0.918. The number of nitrogens with zero attached hydrogens (tertiary/aromatic N) is 1. The van der Waals surface area contributed by atoms with Gasteiger partial charge in [0, 0.05) is 15.5 Å². The highest BCUT2D eigenvalue weighted by molar-refractivity contribution is 9.10. The van der Waals surface area contributed by atoms with Gasteiger partial charge in [0.25, 0.3) is 0 Å². The molecule has 4 heteroatoms. The minimum atomic E-state index is -0.121. The van der Waals surface area contributed by atoms with Crippen LogP contribution in [0.25, 0.3) is 0 Å². The van der Waals surface area contributed by atoms with Crippen molar-refractivity contribution in [3.63, 3.8) is 0 Å². The minimum absolute atomic E-state index is 0.121. The van der Waals surface area contributed by atoms with Crippen molar-refractivity contribution in [2.75, 3.05) is 0 Å². The van der Waals surface area contributed by atoms with Gasteiger partial charge in [-0.05, 0) is 52.0 Å². The summed E-state index contributed by atoms with van der Waals surface area (Å²) in [4.78, 5) is 5.56. The van der Waals surface area contributed by atoms with Crippen LogP contribution in [0.3, 0.4) is 0 Å². The second kappa shape index (κ2) is 4.43. The number of nitrogens with two attached hydrogens (primary N) is 1. The van der Waals surface area contributed by atoms with Gasteiger partial charge in [-0.2, -0.15) is 0 Å². The smallest absolute Gasteiger partial charge is 0.0737 e. The van der Waals surface area contributed by atoms with Crippen molar-refractivity contribution in [2.24, 2.45) is 5.73 Å². The highest BCUT2D eigenvalue weighted by Gasteiger charge is 2.12. The molecule has 0 spiro atoms. The number of rotatable bonds is 2. The Morgan fingerprint density at radius 3 is 2.73 bits per heavy atom. The molecular formula is C11H11BrN2S. The van der Waals surface area contributed by atoms with Crippen LogP contribution in [0.1, 0.15) is 22.2 Å². The largest absolute Gasteiger partial charge is 0.319 e. The normalized spacial score (nSPS) is 12.7. The van der Waals surface area contributed by atoms with E-state index in [9.17, 15) is 0 Å². The molecule has 0 aliphatic heterocycles. The van der Waals surface area contributed by atoms with Gasteiger partial charge >= 0.3 is 0 Å². The van der Waals surface area contributed by atoms with Gasteiger partial charge in [-0.1, -0.05) is 0 Å². The Morgan fingerprint density at radius 2 is 2.20 bits per heavy atom. The van der Waals surface area contributed by atoms with Crippen molar-refractivity contribution in [2.45, 2.75) is 13.0 Å². The molecule has 1 atom stereocenters. The topological polar surface area (TPSA) is 38.9 Å². The molecule has 2 N–H and O–H groups in total. The van der Waals surface area contributed by atoms with Crippen molar-refractivity contribution in [1.29, 1.82) is 0 Å². The molecule has 2 aromatic heterocycles. The average molecular weight is 283 g/mol. The minimum Gasteiger partial charge on any atom is -0.319 e. The summed E-state index contributed by atoms with van der Waals surface area (Å²) in [6.07, 6.45) is 1.77. The monoisotopic (exact) mass is 282 g/mol. The standard InChI is InChI=1S/C11H11BrN2S/c1-7-9(4-5-15-7)11(13)10-3-2-8(12)6-14-10/h2-6,11H,13H2,1H3. The van der Waals surface area contributed by atoms with E-state index >= 15 is 0 Å². The second-order valence-electron chi connectivity index (χ2n) is 3.31. The van der Waals surface area contributed by atoms with Gasteiger partial charge < -0.3 is 5.73 Å². The molecule has 2 heterocycles. The highest BCUT2D eigenvalue weighted by Crippen LogP contribution is 2.25. The first kappa shape index (κ1) is 10.8. The van der Waals surface area contributed by atoms with Gasteiger partial charge in [-0.25, -0.2) is 0 Å². The zero-order valence-corrected chi connectivity index (χ0v) is 10.7. The average Bonchev–Trinajstić information content (AvgIpc) is 2.65. The molecule has 2 aromatic rings. The predicted molar refractivity (Wildman–Crippen MR) is 67.0 cm³/mol. The van der Waals surface area contributed by atoms with Crippen LogP contribution in [-0.4, -0.2) is 4.98 Å². The van der Waals surface area contributed by atoms with E-state index in [0.29, 0.717) is 0 Å². The Balaban J connectivity index is 2.32. The summed E-state index contributed by atoms with van der Waals surface area (Å²) in [7, 11) is 0. The van der Waals surface area contributed by atoms with Gasteiger partial charge in [-0.3, -0.25) is 4.98 Å². The van der Waals surface area contributed by atoms with Crippen LogP contribution in [0.4, 0.5) is 0 Å². The summed E-state index contributed by atoms with van der Waals surface area (Å²) in [6, 6.07) is 5.86. The molecular weight excluding hydrogens is 272 g/mol. The number of hydrogen-bond donors (Lipinski definition) is 1. The van der Waals surface area contributed by atoms with E-state index in [-0.39, 0.29) is 6.04 Å². The molecule has 1 unspecified atom stereocenters. The maximum absolute atomic E-state index is 6.14. The Kier molecular flexibility index (Phi) is 3.19. The fourth-order valence-electron chi connectivity index (χ4n) is 1.45. The number of pyridine rings is 1. The summed E-state index contributed by atoms with van der Waals surface area (Å²) in [6.45, 7) is 2.08. The zero-order chi connectivity index (χ0) is 10.8. The van der Waals surface area contributed by atoms with Crippen LogP contribution in [0.2, 0.25) is 0 Å². The van der Waals surface area contributed by atoms with Gasteiger partial charge in [0.1, 0.15) is 0 Å². The van der Waals surface area contributed by atoms with Crippen LogP contribution in [-0.2, 0) is 0 Å². The molecule has 0 bridgehead atoms. The molecule has 0 radical (unpaired) electrons. The van der Waals surface area contributed by atoms with Crippen LogP contribution in [0, 0.1) is 6.92 Å². The van der Waals surface area contributed by atoms with Crippen LogP contribution in [0.5, 0.6) is 0 Å². The number of halogens is 1. The number of aryl methyl sites for hydroxylation is 1. The van der Waals surface area contributed by atoms with Crippen molar-refractivity contribution >= 4 is 27.3 Å². The molecule has 0 saturated heterocycles. The van der Waals surface area contributed by atoms with Crippen LogP contribution < -0.4 is 5.73 Å². The Hall–Kier alpha value is -0.710. The van der Waals surface area contributed by atoms with E-state index in [2.05, 4.69) is 39.3 Å². The zero-order valence-electron chi connectivity index (χ0n) is 8.27. The Bertz CT molecular complexity index is 450. The molecule has 0 aliphatic rings. The summed E-state index contributed by atoms with van der Waals surface area (Å²) in [5, 5.41) is 2.06. The number of hydrogen-bond acceptors (Lipinski definition) is 3. The van der Waals surface area contributed by atoms with Gasteiger partial charge in [-0.15, -0.1) is 11.3 Å². The lowest BCUT2D eigenvalue weighted by molar-refractivity contribution is 0.826. The molecule has 2 rings (SSSR count). The van der Waals surface area contributed by atoms with E-state index in [0.717, 1.165) is 15.7 Å². The lowest BCUT2D eigenvalue weighted by Crippen LogP contribution is -2.13. The molecule has 0 saturated carbocycles. The van der Waals surface area contributed by atoms with Crippen molar-refractivity contribution in [3.05, 3.63) is 50.4 Å². The first-order valence-electron chi connectivity index (χ1n) is 4.59. The fourth-order valence-corrected chi connectivity index (χ4v) is 2.43. The summed E-state index contributed by atoms with van der Waals surface area (Å²) < 4.78 is 0.973. The van der Waals surface area contributed by atoms with Crippen LogP contribution >= 0.6 is 27.3 Å². The summed E-state index contributed by atoms with van der Waals surface area (Å²) in [5.41, 5.74) is 8.20. The van der Waals surface area contributed by atoms with E-state index in [1.165, 1.54) is 4.88 Å². The Labute approximate surface area is 101 Å². The third-order valence-electron chi connectivity index (χ3n) is 2.30. The Morgan fingerprint density at radius 1 is 1.40 bits per heavy atom. The van der Waals surface area contributed by atoms with Crippen molar-refractivity contribution in [1.82, 2.24) is 4.98 Å². The van der Waals surface area contributed by atoms with Gasteiger partial charge in [0.2, 0.25) is 0 Å². The predicted octanol–water partition coefficient (Wildman–Crippen LogP) is 3.26. The van der Waals surface area contributed by atoms with E-state index in [4.69, 9.17) is 5.73 Å². The lowest BCUT2D eigenvalue weighted by Gasteiger charge is -2.10. The molecule has 0 amide bonds. The molecule has 0 aliphatic carbocycles. The molecule has 2 nitrogen and oxygen atoms in total. The molecule has 0 fully saturated rings. The van der Waals surface area contributed by atoms with E-state index < -0.39 is 0 Å². The SMILES string of the molecule is Cc1sccc1C(N)c1ccc(Br)cn1. The molecule has 78 valence electrons. The number of thiophene rings is 1. The van der Waals surface area contributed by atoms with Crippen molar-refractivity contribution < 1.29 is 0 Å². The molecule has 15 heavy (non-hydrogen) atoms. The lowest BCUT2D eigenvalue weighted by atomic mass is 10.1. The van der Waals surface area contributed by atoms with Gasteiger partial charge in [0.05, 0.1) is 11.7 Å². The third kappa shape index (κ3) is 2.27.